The summed E-state index contributed by atoms with van der Waals surface area (Å²) >= 11 is 0. The third-order valence-electron chi connectivity index (χ3n) is 7.04. The number of aliphatic hydroxyl groups is 2. The van der Waals surface area contributed by atoms with Crippen LogP contribution in [0.15, 0.2) is 46.7 Å². The lowest BCUT2D eigenvalue weighted by Crippen LogP contribution is -2.33. The average molecular weight is 402 g/mol. The van der Waals surface area contributed by atoms with Crippen molar-refractivity contribution >= 4 is 0 Å². The molecule has 0 aliphatic heterocycles. The first kappa shape index (κ1) is 22.3. The minimum absolute atomic E-state index is 0.168. The van der Waals surface area contributed by atoms with E-state index in [1.54, 1.807) is 19.4 Å². The fraction of sp³-hybridized carbons (Fsp3) is 0.680. The van der Waals surface area contributed by atoms with E-state index < -0.39 is 5.60 Å². The number of nitrogens with one attached hydrogen (secondary N) is 1. The van der Waals surface area contributed by atoms with Crippen molar-refractivity contribution in [3.63, 3.8) is 0 Å². The number of hydrogen-bond donors (Lipinski definition) is 3. The van der Waals surface area contributed by atoms with Crippen LogP contribution in [0.25, 0.3) is 0 Å². The molecule has 3 N–H and O–H groups in total. The van der Waals surface area contributed by atoms with Gasteiger partial charge in [-0.25, -0.2) is 0 Å². The Hall–Kier alpha value is -1.36. The van der Waals surface area contributed by atoms with E-state index in [1.807, 2.05) is 0 Å². The maximum atomic E-state index is 10.00. The summed E-state index contributed by atoms with van der Waals surface area (Å²) in [5.74, 6) is 0.566. The van der Waals surface area contributed by atoms with Crippen LogP contribution < -0.4 is 5.48 Å². The Morgan fingerprint density at radius 3 is 2.76 bits per heavy atom. The van der Waals surface area contributed by atoms with Gasteiger partial charge in [0.25, 0.3) is 0 Å². The zero-order valence-corrected chi connectivity index (χ0v) is 18.7. The van der Waals surface area contributed by atoms with Crippen LogP contribution in [0.3, 0.4) is 0 Å². The summed E-state index contributed by atoms with van der Waals surface area (Å²) in [6.45, 7) is 12.5. The SMILES string of the molecule is C=C1CC[C@H](O)CC1=CC=C1CCC[C@]2(C)C(=C(C)NOCC(C)(C)O)CC[C@@H]12. The molecule has 0 aromatic heterocycles. The second-order valence-electron chi connectivity index (χ2n) is 10.1. The van der Waals surface area contributed by atoms with Crippen molar-refractivity contribution < 1.29 is 15.1 Å². The van der Waals surface area contributed by atoms with Gasteiger partial charge in [0.05, 0.1) is 11.7 Å². The second kappa shape index (κ2) is 8.79. The van der Waals surface area contributed by atoms with Crippen LogP contribution in [0.2, 0.25) is 0 Å². The van der Waals surface area contributed by atoms with Crippen LogP contribution in [0.5, 0.6) is 0 Å². The van der Waals surface area contributed by atoms with E-state index in [2.05, 4.69) is 38.1 Å². The predicted octanol–water partition coefficient (Wildman–Crippen LogP) is 5.11. The van der Waals surface area contributed by atoms with E-state index in [0.29, 0.717) is 5.92 Å². The normalized spacial score (nSPS) is 35.2. The van der Waals surface area contributed by atoms with Crippen LogP contribution in [0.1, 0.15) is 79.1 Å². The Morgan fingerprint density at radius 1 is 1.28 bits per heavy atom. The predicted molar refractivity (Wildman–Crippen MR) is 118 cm³/mol. The lowest BCUT2D eigenvalue weighted by atomic mass is 9.65. The standard InChI is InChI=1S/C25H39NO3/c1-17-8-11-21(27)15-20(17)10-9-19-7-6-14-25(5)22(12-13-23(19)25)18(2)26-29-16-24(3,4)28/h9-10,21,23,26-28H,1,6-8,11-16H2,2-5H3/t21-,23-,25+/m0/s1. The molecule has 4 heteroatoms. The van der Waals surface area contributed by atoms with Crippen LogP contribution in [0, 0.1) is 11.3 Å². The smallest absolute Gasteiger partial charge is 0.103 e. The molecule has 29 heavy (non-hydrogen) atoms. The monoisotopic (exact) mass is 401 g/mol. The van der Waals surface area contributed by atoms with Crippen molar-refractivity contribution in [3.8, 4) is 0 Å². The van der Waals surface area contributed by atoms with Crippen molar-refractivity contribution in [1.82, 2.24) is 5.48 Å². The Balaban J connectivity index is 1.76. The molecule has 0 heterocycles. The summed E-state index contributed by atoms with van der Waals surface area (Å²) in [5.41, 5.74) is 8.93. The minimum Gasteiger partial charge on any atom is -0.393 e. The molecule has 0 spiro atoms. The van der Waals surface area contributed by atoms with Gasteiger partial charge in [-0.15, -0.1) is 0 Å². The first-order valence-electron chi connectivity index (χ1n) is 11.2. The van der Waals surface area contributed by atoms with Gasteiger partial charge >= 0.3 is 0 Å². The number of hydrogen-bond acceptors (Lipinski definition) is 4. The Bertz CT molecular complexity index is 725. The summed E-state index contributed by atoms with van der Waals surface area (Å²) in [4.78, 5) is 5.56. The van der Waals surface area contributed by atoms with Crippen molar-refractivity contribution in [1.29, 1.82) is 0 Å². The number of aliphatic hydroxyl groups excluding tert-OH is 1. The Labute approximate surface area is 176 Å². The molecule has 3 atom stereocenters. The molecule has 0 unspecified atom stereocenters. The first-order valence-corrected chi connectivity index (χ1v) is 11.2. The van der Waals surface area contributed by atoms with Crippen molar-refractivity contribution in [3.05, 3.63) is 46.7 Å². The minimum atomic E-state index is -0.842. The number of fused-ring (bicyclic) bond motifs is 1. The summed E-state index contributed by atoms with van der Waals surface area (Å²) in [7, 11) is 0. The number of hydroxylamine groups is 1. The fourth-order valence-corrected chi connectivity index (χ4v) is 5.45. The van der Waals surface area contributed by atoms with Crippen LogP contribution in [-0.2, 0) is 4.84 Å². The van der Waals surface area contributed by atoms with Gasteiger partial charge in [0.1, 0.15) is 6.61 Å². The Morgan fingerprint density at radius 2 is 2.03 bits per heavy atom. The molecule has 162 valence electrons. The molecule has 0 bridgehead atoms. The quantitative estimate of drug-likeness (QED) is 0.561. The third-order valence-corrected chi connectivity index (χ3v) is 7.04. The molecule has 0 aromatic carbocycles. The molecule has 0 radical (unpaired) electrons. The van der Waals surface area contributed by atoms with Gasteiger partial charge < -0.3 is 10.2 Å². The highest BCUT2D eigenvalue weighted by molar-refractivity contribution is 5.38. The maximum Gasteiger partial charge on any atom is 0.103 e. The van der Waals surface area contributed by atoms with E-state index >= 15 is 0 Å². The molecule has 0 amide bonds. The summed E-state index contributed by atoms with van der Waals surface area (Å²) in [5, 5.41) is 19.9. The van der Waals surface area contributed by atoms with E-state index in [9.17, 15) is 10.2 Å². The summed E-state index contributed by atoms with van der Waals surface area (Å²) in [6.07, 6.45) is 12.6. The molecule has 0 saturated heterocycles. The van der Waals surface area contributed by atoms with Crippen LogP contribution in [0.4, 0.5) is 0 Å². The topological polar surface area (TPSA) is 61.7 Å². The third kappa shape index (κ3) is 5.22. The molecular weight excluding hydrogens is 362 g/mol. The van der Waals surface area contributed by atoms with Gasteiger partial charge in [-0.3, -0.25) is 10.3 Å². The zero-order chi connectivity index (χ0) is 21.2. The van der Waals surface area contributed by atoms with Gasteiger partial charge in [-0.05, 0) is 94.6 Å². The summed E-state index contributed by atoms with van der Waals surface area (Å²) < 4.78 is 0. The van der Waals surface area contributed by atoms with Gasteiger partial charge in [-0.2, -0.15) is 0 Å². The highest BCUT2D eigenvalue weighted by Crippen LogP contribution is 2.57. The molecule has 3 saturated carbocycles. The number of rotatable bonds is 5. The van der Waals surface area contributed by atoms with E-state index in [1.165, 1.54) is 36.0 Å². The van der Waals surface area contributed by atoms with Crippen LogP contribution in [-0.4, -0.2) is 28.5 Å². The average Bonchev–Trinajstić information content (AvgIpc) is 2.99. The molecule has 3 aliphatic carbocycles. The lowest BCUT2D eigenvalue weighted by Gasteiger charge is -2.40. The molecule has 0 aromatic rings. The van der Waals surface area contributed by atoms with Crippen molar-refractivity contribution in [2.45, 2.75) is 90.8 Å². The van der Waals surface area contributed by atoms with E-state index in [-0.39, 0.29) is 18.1 Å². The van der Waals surface area contributed by atoms with Gasteiger partial charge in [0.15, 0.2) is 0 Å². The van der Waals surface area contributed by atoms with Gasteiger partial charge in [0.2, 0.25) is 0 Å². The number of allylic oxidation sites excluding steroid dienone is 6. The largest absolute Gasteiger partial charge is 0.393 e. The van der Waals surface area contributed by atoms with Gasteiger partial charge in [-0.1, -0.05) is 36.8 Å². The van der Waals surface area contributed by atoms with Crippen molar-refractivity contribution in [2.75, 3.05) is 6.61 Å². The van der Waals surface area contributed by atoms with E-state index in [4.69, 9.17) is 4.84 Å². The Kier molecular flexibility index (Phi) is 6.77. The van der Waals surface area contributed by atoms with Gasteiger partial charge in [0, 0.05) is 5.70 Å². The molecule has 3 fully saturated rings. The highest BCUT2D eigenvalue weighted by atomic mass is 16.6. The molecule has 4 nitrogen and oxygen atoms in total. The van der Waals surface area contributed by atoms with Crippen LogP contribution >= 0.6 is 0 Å². The summed E-state index contributed by atoms with van der Waals surface area (Å²) in [6, 6.07) is 0. The molecular formula is C25H39NO3. The second-order valence-corrected chi connectivity index (χ2v) is 10.1. The maximum absolute atomic E-state index is 10.00. The molecule has 3 rings (SSSR count). The first-order chi connectivity index (χ1) is 13.6. The van der Waals surface area contributed by atoms with Crippen molar-refractivity contribution in [2.24, 2.45) is 11.3 Å². The fourth-order valence-electron chi connectivity index (χ4n) is 5.45. The van der Waals surface area contributed by atoms with E-state index in [0.717, 1.165) is 37.8 Å². The lowest BCUT2D eigenvalue weighted by molar-refractivity contribution is -0.0520. The zero-order valence-electron chi connectivity index (χ0n) is 18.7. The molecule has 3 aliphatic rings. The highest BCUT2D eigenvalue weighted by Gasteiger charge is 2.46.